The largest absolute Gasteiger partial charge is 0.490 e. The molecule has 0 unspecified atom stereocenters. The van der Waals surface area contributed by atoms with E-state index in [0.29, 0.717) is 12.0 Å². The summed E-state index contributed by atoms with van der Waals surface area (Å²) in [6.07, 6.45) is 10.8. The maximum absolute atomic E-state index is 5.87. The Hall–Kier alpha value is -5.23. The van der Waals surface area contributed by atoms with E-state index in [0.717, 1.165) is 89.7 Å². The SMILES string of the molecule is CC.CC.CCC(CC)Oc1ccc(C)c(NC)c1.Cc1nc2ccc(C3CCNCC3)cc2[nH]1.Cc1nc2ccc(CN(C)C)cc2[nH]1.c1nc2ccc(CN3CCCCC3)cc2[nH]1. The van der Waals surface area contributed by atoms with Crippen molar-refractivity contribution in [1.29, 1.82) is 0 Å². The van der Waals surface area contributed by atoms with Gasteiger partial charge in [-0.05, 0) is 170 Å². The van der Waals surface area contributed by atoms with Crippen LogP contribution in [0.5, 0.6) is 5.75 Å². The van der Waals surface area contributed by atoms with Gasteiger partial charge in [0.25, 0.3) is 0 Å². The molecule has 0 atom stereocenters. The Morgan fingerprint density at radius 3 is 1.95 bits per heavy atom. The molecule has 0 saturated carbocycles. The van der Waals surface area contributed by atoms with Gasteiger partial charge in [-0.1, -0.05) is 72.2 Å². The Morgan fingerprint density at radius 1 is 0.723 bits per heavy atom. The third-order valence-corrected chi connectivity index (χ3v) is 11.6. The molecule has 65 heavy (non-hydrogen) atoms. The van der Waals surface area contributed by atoms with Crippen LogP contribution in [0.4, 0.5) is 5.69 Å². The predicted molar refractivity (Wildman–Crippen MR) is 278 cm³/mol. The van der Waals surface area contributed by atoms with E-state index < -0.39 is 0 Å². The number of fused-ring (bicyclic) bond motifs is 3. The number of aromatic nitrogens is 6. The first-order valence-corrected chi connectivity index (χ1v) is 24.5. The van der Waals surface area contributed by atoms with Crippen molar-refractivity contribution in [3.05, 3.63) is 113 Å². The highest BCUT2D eigenvalue weighted by Crippen LogP contribution is 2.28. The number of benzene rings is 4. The number of hydrogen-bond donors (Lipinski definition) is 5. The first-order valence-electron chi connectivity index (χ1n) is 24.5. The zero-order valence-electron chi connectivity index (χ0n) is 42.0. The van der Waals surface area contributed by atoms with Crippen molar-refractivity contribution in [2.45, 2.75) is 132 Å². The van der Waals surface area contributed by atoms with Gasteiger partial charge in [0.05, 0.1) is 45.5 Å². The van der Waals surface area contributed by atoms with Crippen molar-refractivity contribution in [3.8, 4) is 5.75 Å². The topological polar surface area (TPSA) is 126 Å². The summed E-state index contributed by atoms with van der Waals surface area (Å²) in [5.41, 5.74) is 13.2. The molecular formula is C54H82N10O. The van der Waals surface area contributed by atoms with E-state index >= 15 is 0 Å². The highest BCUT2D eigenvalue weighted by Gasteiger charge is 2.16. The van der Waals surface area contributed by atoms with E-state index in [1.54, 1.807) is 6.33 Å². The highest BCUT2D eigenvalue weighted by atomic mass is 16.5. The number of piperidine rings is 2. The fourth-order valence-electron chi connectivity index (χ4n) is 8.26. The maximum Gasteiger partial charge on any atom is 0.121 e. The number of nitrogens with one attached hydrogen (secondary N) is 5. The molecule has 9 rings (SSSR count). The zero-order chi connectivity index (χ0) is 47.1. The number of anilines is 1. The lowest BCUT2D eigenvalue weighted by molar-refractivity contribution is 0.193. The number of nitrogens with zero attached hydrogens (tertiary/aromatic N) is 5. The molecule has 3 aromatic heterocycles. The lowest BCUT2D eigenvalue weighted by atomic mass is 9.90. The molecule has 5 heterocycles. The number of ether oxygens (including phenoxy) is 1. The van der Waals surface area contributed by atoms with Crippen molar-refractivity contribution in [2.24, 2.45) is 0 Å². The predicted octanol–water partition coefficient (Wildman–Crippen LogP) is 12.5. The van der Waals surface area contributed by atoms with Gasteiger partial charge in [-0.25, -0.2) is 15.0 Å². The van der Waals surface area contributed by atoms with Crippen LogP contribution in [-0.4, -0.2) is 93.1 Å². The highest BCUT2D eigenvalue weighted by molar-refractivity contribution is 5.77. The second-order valence-corrected chi connectivity index (χ2v) is 16.9. The first-order chi connectivity index (χ1) is 31.6. The number of imidazole rings is 3. The monoisotopic (exact) mass is 887 g/mol. The van der Waals surface area contributed by atoms with Gasteiger partial charge in [-0.15, -0.1) is 0 Å². The van der Waals surface area contributed by atoms with Crippen molar-refractivity contribution < 1.29 is 4.74 Å². The van der Waals surface area contributed by atoms with Gasteiger partial charge in [0.15, 0.2) is 0 Å². The molecule has 0 amide bonds. The lowest BCUT2D eigenvalue weighted by Gasteiger charge is -2.26. The van der Waals surface area contributed by atoms with E-state index in [1.165, 1.54) is 73.0 Å². The number of rotatable bonds is 10. The number of hydrogen-bond acceptors (Lipinski definition) is 8. The van der Waals surface area contributed by atoms with Crippen LogP contribution in [0.3, 0.4) is 0 Å². The molecule has 0 radical (unpaired) electrons. The molecule has 0 spiro atoms. The minimum Gasteiger partial charge on any atom is -0.490 e. The normalized spacial score (nSPS) is 13.9. The van der Waals surface area contributed by atoms with Gasteiger partial charge in [0.2, 0.25) is 0 Å². The molecule has 2 aliphatic rings. The molecule has 4 aromatic carbocycles. The third kappa shape index (κ3) is 16.6. The van der Waals surface area contributed by atoms with Crippen LogP contribution in [0.25, 0.3) is 33.1 Å². The molecule has 11 nitrogen and oxygen atoms in total. The smallest absolute Gasteiger partial charge is 0.121 e. The van der Waals surface area contributed by atoms with Crippen LogP contribution >= 0.6 is 0 Å². The van der Waals surface area contributed by atoms with Crippen LogP contribution in [0, 0.1) is 20.8 Å². The third-order valence-electron chi connectivity index (χ3n) is 11.6. The molecule has 2 saturated heterocycles. The first kappa shape index (κ1) is 52.4. The summed E-state index contributed by atoms with van der Waals surface area (Å²) >= 11 is 0. The average Bonchev–Trinajstić information content (AvgIpc) is 4.07. The molecule has 0 bridgehead atoms. The Balaban J connectivity index is 0.000000185. The second kappa shape index (κ2) is 28.0. The zero-order valence-corrected chi connectivity index (χ0v) is 42.0. The number of H-pyrrole nitrogens is 3. The van der Waals surface area contributed by atoms with Crippen molar-refractivity contribution in [1.82, 2.24) is 45.0 Å². The molecule has 354 valence electrons. The van der Waals surface area contributed by atoms with E-state index in [4.69, 9.17) is 4.74 Å². The Kier molecular flexibility index (Phi) is 22.5. The van der Waals surface area contributed by atoms with Gasteiger partial charge in [0, 0.05) is 31.9 Å². The standard InChI is InChI=1S/2C13H17N3.C13H21NO.C11H15N3.2C2H6/c1-9-15-12-3-2-11(8-13(12)16-9)10-4-6-14-7-5-10;1-2-6-16(7-3-1)9-11-4-5-12-13(8-11)15-10-14-12;1-5-11(6-2)15-12-8-7-10(3)13(9-12)14-4;1-8-12-10-5-4-9(7-14(2)3)6-11(10)13-8;2*1-2/h2-3,8,10,14H,4-7H2,1H3,(H,15,16);4-5,8,10H,1-3,6-7,9H2,(H,14,15);7-9,11,14H,5-6H2,1-4H3;4-6H,7H2,1-3H3,(H,12,13);2*1-2H3. The van der Waals surface area contributed by atoms with Crippen molar-refractivity contribution >= 4 is 38.8 Å². The quantitative estimate of drug-likeness (QED) is 0.0919. The van der Waals surface area contributed by atoms with E-state index in [2.05, 4.69) is 152 Å². The van der Waals surface area contributed by atoms with Crippen LogP contribution < -0.4 is 15.4 Å². The molecule has 11 heteroatoms. The molecule has 5 N–H and O–H groups in total. The maximum atomic E-state index is 5.87. The summed E-state index contributed by atoms with van der Waals surface area (Å²) in [4.78, 5) is 27.5. The van der Waals surface area contributed by atoms with Crippen LogP contribution in [-0.2, 0) is 13.1 Å². The fourth-order valence-corrected chi connectivity index (χ4v) is 8.26. The fraction of sp³-hybridized carbons (Fsp3) is 0.500. The Labute approximate surface area is 391 Å². The van der Waals surface area contributed by atoms with E-state index in [-0.39, 0.29) is 0 Å². The van der Waals surface area contributed by atoms with Crippen LogP contribution in [0.2, 0.25) is 0 Å². The molecular weight excluding hydrogens is 805 g/mol. The average molecular weight is 887 g/mol. The number of likely N-dealkylation sites (tertiary alicyclic amines) is 1. The summed E-state index contributed by atoms with van der Waals surface area (Å²) in [6.45, 7) is 25.2. The summed E-state index contributed by atoms with van der Waals surface area (Å²) in [5.74, 6) is 3.65. The minimum absolute atomic E-state index is 0.331. The van der Waals surface area contributed by atoms with Gasteiger partial charge in [-0.2, -0.15) is 0 Å². The van der Waals surface area contributed by atoms with Gasteiger partial charge in [0.1, 0.15) is 17.4 Å². The van der Waals surface area contributed by atoms with Gasteiger partial charge < -0.3 is 35.2 Å². The molecule has 2 fully saturated rings. The van der Waals surface area contributed by atoms with Crippen molar-refractivity contribution in [3.63, 3.8) is 0 Å². The van der Waals surface area contributed by atoms with Gasteiger partial charge in [-0.3, -0.25) is 4.90 Å². The Bertz CT molecular complexity index is 2380. The van der Waals surface area contributed by atoms with Crippen molar-refractivity contribution in [2.75, 3.05) is 52.6 Å². The lowest BCUT2D eigenvalue weighted by Crippen LogP contribution is -2.29. The Morgan fingerprint density at radius 2 is 1.32 bits per heavy atom. The summed E-state index contributed by atoms with van der Waals surface area (Å²) in [5, 5.41) is 6.57. The molecule has 0 aliphatic carbocycles. The summed E-state index contributed by atoms with van der Waals surface area (Å²) in [6, 6.07) is 25.7. The second-order valence-electron chi connectivity index (χ2n) is 16.9. The van der Waals surface area contributed by atoms with Gasteiger partial charge >= 0.3 is 0 Å². The summed E-state index contributed by atoms with van der Waals surface area (Å²) in [7, 11) is 6.08. The minimum atomic E-state index is 0.331. The molecule has 7 aromatic rings. The van der Waals surface area contributed by atoms with E-state index in [9.17, 15) is 0 Å². The van der Waals surface area contributed by atoms with Crippen LogP contribution in [0.1, 0.15) is 126 Å². The van der Waals surface area contributed by atoms with E-state index in [1.807, 2.05) is 54.7 Å². The van der Waals surface area contributed by atoms with Crippen LogP contribution in [0.15, 0.2) is 79.1 Å². The number of aromatic amines is 3. The number of aryl methyl sites for hydroxylation is 3. The molecule has 2 aliphatic heterocycles. The summed E-state index contributed by atoms with van der Waals surface area (Å²) < 4.78 is 5.87.